The van der Waals surface area contributed by atoms with Crippen molar-refractivity contribution in [3.63, 3.8) is 0 Å². The van der Waals surface area contributed by atoms with E-state index in [9.17, 15) is 0 Å². The van der Waals surface area contributed by atoms with Gasteiger partial charge in [0.2, 0.25) is 0 Å². The maximum Gasteiger partial charge on any atom is 0.106 e. The summed E-state index contributed by atoms with van der Waals surface area (Å²) in [6.07, 6.45) is 0. The molecule has 0 aliphatic heterocycles. The molecule has 1 unspecified atom stereocenters. The van der Waals surface area contributed by atoms with Crippen LogP contribution in [-0.4, -0.2) is 14.1 Å². The Bertz CT molecular complexity index is 558. The highest BCUT2D eigenvalue weighted by Gasteiger charge is 2.12. The van der Waals surface area contributed by atoms with Crippen molar-refractivity contribution in [1.29, 1.82) is 0 Å². The van der Waals surface area contributed by atoms with E-state index in [1.807, 2.05) is 27.9 Å². The molecule has 1 atom stereocenters. The highest BCUT2D eigenvalue weighted by Crippen LogP contribution is 2.26. The molecule has 0 bridgehead atoms. The van der Waals surface area contributed by atoms with E-state index < -0.39 is 0 Å². The lowest BCUT2D eigenvalue weighted by Crippen LogP contribution is -2.10. The molecule has 2 rings (SSSR count). The van der Waals surface area contributed by atoms with E-state index in [0.29, 0.717) is 0 Å². The fourth-order valence-corrected chi connectivity index (χ4v) is 2.28. The largest absolute Gasteiger partial charge is 0.466 e. The van der Waals surface area contributed by atoms with E-state index in [-0.39, 0.29) is 6.04 Å². The van der Waals surface area contributed by atoms with Gasteiger partial charge >= 0.3 is 0 Å². The molecular weight excluding hydrogens is 236 g/mol. The number of nitrogens with zero attached hydrogens (tertiary/aromatic N) is 1. The predicted molar refractivity (Wildman–Crippen MR) is 81.0 cm³/mol. The van der Waals surface area contributed by atoms with E-state index in [1.165, 1.54) is 11.3 Å². The Hall–Kier alpha value is -1.90. The molecule has 1 heterocycles. The van der Waals surface area contributed by atoms with Gasteiger partial charge in [-0.3, -0.25) is 0 Å². The van der Waals surface area contributed by atoms with Crippen molar-refractivity contribution < 1.29 is 4.42 Å². The van der Waals surface area contributed by atoms with Crippen LogP contribution in [-0.2, 0) is 0 Å². The smallest absolute Gasteiger partial charge is 0.106 e. The second-order valence-electron chi connectivity index (χ2n) is 5.18. The minimum Gasteiger partial charge on any atom is -0.466 e. The summed E-state index contributed by atoms with van der Waals surface area (Å²) in [6, 6.07) is 10.7. The average molecular weight is 258 g/mol. The second-order valence-corrected chi connectivity index (χ2v) is 5.18. The van der Waals surface area contributed by atoms with Crippen molar-refractivity contribution in [2.24, 2.45) is 0 Å². The summed E-state index contributed by atoms with van der Waals surface area (Å²) in [6.45, 7) is 6.15. The van der Waals surface area contributed by atoms with Crippen LogP contribution in [0.25, 0.3) is 0 Å². The van der Waals surface area contributed by atoms with Gasteiger partial charge in [0.05, 0.1) is 6.04 Å². The molecule has 1 N–H and O–H groups in total. The third kappa shape index (κ3) is 3.11. The first-order valence-electron chi connectivity index (χ1n) is 6.58. The molecule has 3 nitrogen and oxygen atoms in total. The van der Waals surface area contributed by atoms with E-state index >= 15 is 0 Å². The Morgan fingerprint density at radius 3 is 2.47 bits per heavy atom. The Labute approximate surface area is 115 Å². The predicted octanol–water partition coefficient (Wildman–Crippen LogP) is 4.14. The molecule has 0 spiro atoms. The van der Waals surface area contributed by atoms with Gasteiger partial charge in [0.15, 0.2) is 0 Å². The second kappa shape index (κ2) is 5.39. The van der Waals surface area contributed by atoms with Gasteiger partial charge in [-0.15, -0.1) is 0 Å². The maximum absolute atomic E-state index is 5.59. The SMILES string of the molecule is Cc1cc(C(C)Nc2cccc(N(C)C)c2)c(C)o1. The van der Waals surface area contributed by atoms with Crippen molar-refractivity contribution in [2.45, 2.75) is 26.8 Å². The van der Waals surface area contributed by atoms with E-state index in [0.717, 1.165) is 17.2 Å². The van der Waals surface area contributed by atoms with Gasteiger partial charge in [0, 0.05) is 31.0 Å². The lowest BCUT2D eigenvalue weighted by molar-refractivity contribution is 0.500. The standard InChI is InChI=1S/C16H22N2O/c1-11-9-16(13(3)19-11)12(2)17-14-7-6-8-15(10-14)18(4)5/h6-10,12,17H,1-5H3. The molecule has 0 saturated heterocycles. The Kier molecular flexibility index (Phi) is 3.84. The zero-order valence-electron chi connectivity index (χ0n) is 12.3. The Morgan fingerprint density at radius 2 is 1.89 bits per heavy atom. The molecule has 0 amide bonds. The number of furan rings is 1. The summed E-state index contributed by atoms with van der Waals surface area (Å²) in [5.41, 5.74) is 3.53. The van der Waals surface area contributed by atoms with Crippen molar-refractivity contribution in [2.75, 3.05) is 24.3 Å². The molecule has 19 heavy (non-hydrogen) atoms. The average Bonchev–Trinajstić information content (AvgIpc) is 2.69. The summed E-state index contributed by atoms with van der Waals surface area (Å²) in [7, 11) is 4.10. The van der Waals surface area contributed by atoms with Gasteiger partial charge in [0.25, 0.3) is 0 Å². The first kappa shape index (κ1) is 13.5. The molecule has 0 radical (unpaired) electrons. The zero-order valence-corrected chi connectivity index (χ0v) is 12.3. The summed E-state index contributed by atoms with van der Waals surface area (Å²) in [4.78, 5) is 2.10. The molecule has 0 saturated carbocycles. The summed E-state index contributed by atoms with van der Waals surface area (Å²) in [5, 5.41) is 3.52. The van der Waals surface area contributed by atoms with Crippen LogP contribution in [0.2, 0.25) is 0 Å². The monoisotopic (exact) mass is 258 g/mol. The van der Waals surface area contributed by atoms with Crippen LogP contribution in [0.3, 0.4) is 0 Å². The highest BCUT2D eigenvalue weighted by atomic mass is 16.3. The van der Waals surface area contributed by atoms with Gasteiger partial charge in [-0.1, -0.05) is 6.07 Å². The van der Waals surface area contributed by atoms with Crippen LogP contribution >= 0.6 is 0 Å². The van der Waals surface area contributed by atoms with Crippen molar-refractivity contribution in [3.8, 4) is 0 Å². The van der Waals surface area contributed by atoms with Crippen LogP contribution in [0.5, 0.6) is 0 Å². The number of benzene rings is 1. The van der Waals surface area contributed by atoms with Crippen LogP contribution in [0.15, 0.2) is 34.7 Å². The van der Waals surface area contributed by atoms with Gasteiger partial charge in [-0.05, 0) is 45.0 Å². The third-order valence-electron chi connectivity index (χ3n) is 3.29. The van der Waals surface area contributed by atoms with E-state index in [1.54, 1.807) is 0 Å². The normalized spacial score (nSPS) is 12.3. The number of hydrogen-bond donors (Lipinski definition) is 1. The highest BCUT2D eigenvalue weighted by molar-refractivity contribution is 5.58. The lowest BCUT2D eigenvalue weighted by atomic mass is 10.1. The van der Waals surface area contributed by atoms with Gasteiger partial charge < -0.3 is 14.6 Å². The fraction of sp³-hybridized carbons (Fsp3) is 0.375. The summed E-state index contributed by atoms with van der Waals surface area (Å²) in [5.74, 6) is 1.95. The lowest BCUT2D eigenvalue weighted by Gasteiger charge is -2.18. The molecule has 1 aromatic carbocycles. The zero-order chi connectivity index (χ0) is 14.0. The summed E-state index contributed by atoms with van der Waals surface area (Å²) < 4.78 is 5.59. The topological polar surface area (TPSA) is 28.4 Å². The molecule has 3 heteroatoms. The van der Waals surface area contributed by atoms with Crippen LogP contribution in [0.1, 0.15) is 30.0 Å². The number of aryl methyl sites for hydroxylation is 2. The number of rotatable bonds is 4. The molecule has 1 aromatic heterocycles. The molecule has 0 aliphatic carbocycles. The van der Waals surface area contributed by atoms with Gasteiger partial charge in [-0.2, -0.15) is 0 Å². The minimum absolute atomic E-state index is 0.231. The van der Waals surface area contributed by atoms with Crippen molar-refractivity contribution in [3.05, 3.63) is 47.4 Å². The van der Waals surface area contributed by atoms with Gasteiger partial charge in [-0.25, -0.2) is 0 Å². The summed E-state index contributed by atoms with van der Waals surface area (Å²) >= 11 is 0. The quantitative estimate of drug-likeness (QED) is 0.893. The van der Waals surface area contributed by atoms with E-state index in [4.69, 9.17) is 4.42 Å². The number of anilines is 2. The fourth-order valence-electron chi connectivity index (χ4n) is 2.28. The maximum atomic E-state index is 5.59. The molecule has 0 fully saturated rings. The first-order valence-corrected chi connectivity index (χ1v) is 6.58. The van der Waals surface area contributed by atoms with Crippen LogP contribution in [0, 0.1) is 13.8 Å². The third-order valence-corrected chi connectivity index (χ3v) is 3.29. The molecular formula is C16H22N2O. The van der Waals surface area contributed by atoms with Crippen molar-refractivity contribution in [1.82, 2.24) is 0 Å². The van der Waals surface area contributed by atoms with E-state index in [2.05, 4.69) is 47.5 Å². The molecule has 102 valence electrons. The van der Waals surface area contributed by atoms with Crippen molar-refractivity contribution >= 4 is 11.4 Å². The number of hydrogen-bond acceptors (Lipinski definition) is 3. The minimum atomic E-state index is 0.231. The van der Waals surface area contributed by atoms with Crippen LogP contribution in [0.4, 0.5) is 11.4 Å². The molecule has 0 aliphatic rings. The van der Waals surface area contributed by atoms with Gasteiger partial charge in [0.1, 0.15) is 11.5 Å². The Balaban J connectivity index is 2.17. The van der Waals surface area contributed by atoms with Crippen LogP contribution < -0.4 is 10.2 Å². The molecule has 2 aromatic rings. The Morgan fingerprint density at radius 1 is 1.16 bits per heavy atom. The first-order chi connectivity index (χ1) is 8.97. The number of nitrogens with one attached hydrogen (secondary N) is 1.